The fourth-order valence-corrected chi connectivity index (χ4v) is 2.49. The molecule has 2 aromatic rings. The van der Waals surface area contributed by atoms with Gasteiger partial charge in [0.2, 0.25) is 0 Å². The van der Waals surface area contributed by atoms with E-state index in [2.05, 4.69) is 54.6 Å². The van der Waals surface area contributed by atoms with E-state index < -0.39 is 5.97 Å². The monoisotopic (exact) mass is 320 g/mol. The summed E-state index contributed by atoms with van der Waals surface area (Å²) in [6, 6.07) is 20.6. The summed E-state index contributed by atoms with van der Waals surface area (Å²) in [6.45, 7) is 0. The van der Waals surface area contributed by atoms with Gasteiger partial charge in [0, 0.05) is 6.42 Å². The first-order valence-corrected chi connectivity index (χ1v) is 8.42. The molecule has 0 radical (unpaired) electrons. The normalized spacial score (nSPS) is 11.8. The van der Waals surface area contributed by atoms with Crippen molar-refractivity contribution in [2.24, 2.45) is 0 Å². The molecule has 1 N–H and O–H groups in total. The number of hydrogen-bond donors (Lipinski definition) is 1. The van der Waals surface area contributed by atoms with E-state index >= 15 is 0 Å². The Morgan fingerprint density at radius 1 is 0.875 bits per heavy atom. The van der Waals surface area contributed by atoms with E-state index in [4.69, 9.17) is 5.11 Å². The predicted octanol–water partition coefficient (Wildman–Crippen LogP) is 5.51. The Labute approximate surface area is 144 Å². The molecular weight excluding hydrogens is 296 g/mol. The first-order chi connectivity index (χ1) is 11.7. The van der Waals surface area contributed by atoms with Gasteiger partial charge in [-0.3, -0.25) is 4.79 Å². The minimum Gasteiger partial charge on any atom is -0.481 e. The zero-order chi connectivity index (χ0) is 17.0. The third-order valence-corrected chi connectivity index (χ3v) is 3.84. The lowest BCUT2D eigenvalue weighted by atomic mass is 10.0. The van der Waals surface area contributed by atoms with Crippen LogP contribution in [0.5, 0.6) is 0 Å². The molecule has 0 heterocycles. The van der Waals surface area contributed by atoms with Gasteiger partial charge in [-0.15, -0.1) is 0 Å². The van der Waals surface area contributed by atoms with Crippen LogP contribution in [0.25, 0.3) is 6.08 Å². The molecule has 0 saturated heterocycles. The Balaban J connectivity index is 1.99. The van der Waals surface area contributed by atoms with Gasteiger partial charge in [0.1, 0.15) is 0 Å². The number of hydrogen-bond acceptors (Lipinski definition) is 1. The molecule has 2 aromatic carbocycles. The van der Waals surface area contributed by atoms with Crippen LogP contribution in [0.15, 0.2) is 78.4 Å². The highest BCUT2D eigenvalue weighted by atomic mass is 16.4. The molecule has 0 aliphatic heterocycles. The van der Waals surface area contributed by atoms with Crippen LogP contribution in [0.3, 0.4) is 0 Å². The molecule has 0 aromatic heterocycles. The quantitative estimate of drug-likeness (QED) is 0.488. The molecule has 0 saturated carbocycles. The molecule has 0 aliphatic rings. The lowest BCUT2D eigenvalue weighted by Crippen LogP contribution is -1.94. The van der Waals surface area contributed by atoms with Crippen LogP contribution < -0.4 is 0 Å². The van der Waals surface area contributed by atoms with E-state index in [-0.39, 0.29) is 6.42 Å². The topological polar surface area (TPSA) is 37.3 Å². The van der Waals surface area contributed by atoms with Crippen LogP contribution in [-0.2, 0) is 11.2 Å². The second kappa shape index (κ2) is 10.2. The Bertz CT molecular complexity index is 670. The highest BCUT2D eigenvalue weighted by Gasteiger charge is 1.99. The van der Waals surface area contributed by atoms with Crippen molar-refractivity contribution in [2.45, 2.75) is 32.1 Å². The first kappa shape index (κ1) is 17.7. The third kappa shape index (κ3) is 7.10. The van der Waals surface area contributed by atoms with Crippen LogP contribution >= 0.6 is 0 Å². The van der Waals surface area contributed by atoms with Gasteiger partial charge in [-0.1, -0.05) is 84.5 Å². The molecule has 0 spiro atoms. The number of carbonyl (C=O) groups is 1. The van der Waals surface area contributed by atoms with Gasteiger partial charge in [0.15, 0.2) is 0 Å². The average Bonchev–Trinajstić information content (AvgIpc) is 2.62. The summed E-state index contributed by atoms with van der Waals surface area (Å²) in [5, 5.41) is 8.75. The third-order valence-electron chi connectivity index (χ3n) is 3.84. The summed E-state index contributed by atoms with van der Waals surface area (Å²) in [7, 11) is 0. The van der Waals surface area contributed by atoms with Crippen LogP contribution in [0.1, 0.15) is 36.8 Å². The molecule has 0 aliphatic carbocycles. The Hall–Kier alpha value is -2.61. The molecule has 2 nitrogen and oxygen atoms in total. The molecule has 124 valence electrons. The number of carboxylic acids is 1. The summed E-state index contributed by atoms with van der Waals surface area (Å²) in [4.78, 5) is 10.6. The maximum atomic E-state index is 10.6. The van der Waals surface area contributed by atoms with Crippen molar-refractivity contribution < 1.29 is 9.90 Å². The van der Waals surface area contributed by atoms with Gasteiger partial charge >= 0.3 is 5.97 Å². The Morgan fingerprint density at radius 3 is 2.17 bits per heavy atom. The van der Waals surface area contributed by atoms with Crippen molar-refractivity contribution >= 4 is 12.0 Å². The van der Waals surface area contributed by atoms with Crippen molar-refractivity contribution in [3.05, 3.63) is 89.5 Å². The second-order valence-electron chi connectivity index (χ2n) is 5.81. The van der Waals surface area contributed by atoms with Crippen molar-refractivity contribution in [1.29, 1.82) is 0 Å². The van der Waals surface area contributed by atoms with E-state index in [1.807, 2.05) is 24.3 Å². The molecule has 2 rings (SSSR count). The van der Waals surface area contributed by atoms with Crippen LogP contribution in [0.4, 0.5) is 0 Å². The van der Waals surface area contributed by atoms with Crippen LogP contribution in [-0.4, -0.2) is 11.1 Å². The predicted molar refractivity (Wildman–Crippen MR) is 99.8 cm³/mol. The molecular formula is C22H24O2. The zero-order valence-electron chi connectivity index (χ0n) is 13.9. The fraction of sp³-hybridized carbons (Fsp3) is 0.227. The smallest absolute Gasteiger partial charge is 0.303 e. The summed E-state index contributed by atoms with van der Waals surface area (Å²) in [5.74, 6) is -0.718. The standard InChI is InChI=1S/C22H24O2/c23-22(24)14-8-7-13-21(17-15-19-9-3-1-4-10-19)18-16-20-11-5-2-6-12-20/h1-6,9-12,15,17-18H,7-8,13-14,16H2,(H,23,24)/b17-15+,21-18+. The van der Waals surface area contributed by atoms with Gasteiger partial charge in [-0.05, 0) is 36.8 Å². The summed E-state index contributed by atoms with van der Waals surface area (Å²) < 4.78 is 0. The minimum absolute atomic E-state index is 0.244. The van der Waals surface area contributed by atoms with Crippen LogP contribution in [0, 0.1) is 0 Å². The Kier molecular flexibility index (Phi) is 7.55. The van der Waals surface area contributed by atoms with Gasteiger partial charge < -0.3 is 5.11 Å². The van der Waals surface area contributed by atoms with E-state index in [0.29, 0.717) is 0 Å². The van der Waals surface area contributed by atoms with E-state index in [1.54, 1.807) is 0 Å². The minimum atomic E-state index is -0.718. The number of aliphatic carboxylic acids is 1. The number of benzene rings is 2. The second-order valence-corrected chi connectivity index (χ2v) is 5.81. The molecule has 0 bridgehead atoms. The molecule has 0 fully saturated rings. The van der Waals surface area contributed by atoms with Crippen LogP contribution in [0.2, 0.25) is 0 Å². The first-order valence-electron chi connectivity index (χ1n) is 8.42. The van der Waals surface area contributed by atoms with Crippen molar-refractivity contribution in [3.63, 3.8) is 0 Å². The average molecular weight is 320 g/mol. The molecule has 0 unspecified atom stereocenters. The SMILES string of the molecule is O=C(O)CCCCC(/C=C/c1ccccc1)=C\Cc1ccccc1. The number of allylic oxidation sites excluding steroid dienone is 3. The fourth-order valence-electron chi connectivity index (χ4n) is 2.49. The maximum Gasteiger partial charge on any atom is 0.303 e. The van der Waals surface area contributed by atoms with Crippen molar-refractivity contribution in [3.8, 4) is 0 Å². The number of rotatable bonds is 9. The summed E-state index contributed by atoms with van der Waals surface area (Å²) >= 11 is 0. The summed E-state index contributed by atoms with van der Waals surface area (Å²) in [6.07, 6.45) is 10.2. The highest BCUT2D eigenvalue weighted by molar-refractivity contribution is 5.66. The van der Waals surface area contributed by atoms with Gasteiger partial charge in [-0.2, -0.15) is 0 Å². The van der Waals surface area contributed by atoms with E-state index in [0.717, 1.165) is 25.7 Å². The molecule has 24 heavy (non-hydrogen) atoms. The van der Waals surface area contributed by atoms with E-state index in [1.165, 1.54) is 16.7 Å². The largest absolute Gasteiger partial charge is 0.481 e. The van der Waals surface area contributed by atoms with Crippen molar-refractivity contribution in [2.75, 3.05) is 0 Å². The van der Waals surface area contributed by atoms with Gasteiger partial charge in [-0.25, -0.2) is 0 Å². The van der Waals surface area contributed by atoms with Gasteiger partial charge in [0.25, 0.3) is 0 Å². The number of unbranched alkanes of at least 4 members (excludes halogenated alkanes) is 1. The zero-order valence-corrected chi connectivity index (χ0v) is 13.9. The Morgan fingerprint density at radius 2 is 1.50 bits per heavy atom. The summed E-state index contributed by atoms with van der Waals surface area (Å²) in [5.41, 5.74) is 3.72. The molecule has 0 atom stereocenters. The lowest BCUT2D eigenvalue weighted by molar-refractivity contribution is -0.137. The molecule has 2 heteroatoms. The highest BCUT2D eigenvalue weighted by Crippen LogP contribution is 2.15. The number of carboxylic acid groups (broad SMARTS) is 1. The lowest BCUT2D eigenvalue weighted by Gasteiger charge is -2.04. The van der Waals surface area contributed by atoms with E-state index in [9.17, 15) is 4.79 Å². The molecule has 0 amide bonds. The van der Waals surface area contributed by atoms with Crippen molar-refractivity contribution in [1.82, 2.24) is 0 Å². The van der Waals surface area contributed by atoms with Gasteiger partial charge in [0.05, 0.1) is 0 Å². The maximum absolute atomic E-state index is 10.6.